The molecule has 0 atom stereocenters. The van der Waals surface area contributed by atoms with Crippen LogP contribution in [0.4, 0.5) is 5.69 Å². The molecule has 0 aliphatic heterocycles. The van der Waals surface area contributed by atoms with E-state index < -0.39 is 0 Å². The summed E-state index contributed by atoms with van der Waals surface area (Å²) in [5.41, 5.74) is 3.74. The number of carbonyl (C=O) groups is 1. The second kappa shape index (κ2) is 8.29. The zero-order valence-electron chi connectivity index (χ0n) is 15.7. The van der Waals surface area contributed by atoms with E-state index in [-0.39, 0.29) is 12.5 Å². The fourth-order valence-corrected chi connectivity index (χ4v) is 3.19. The Morgan fingerprint density at radius 2 is 1.69 bits per heavy atom. The minimum atomic E-state index is -0.228. The smallest absolute Gasteiger partial charge is 0.262 e. The van der Waals surface area contributed by atoms with E-state index in [1.165, 1.54) is 0 Å². The number of methoxy groups -OCH3 is 1. The van der Waals surface area contributed by atoms with E-state index in [2.05, 4.69) is 16.4 Å². The molecule has 0 radical (unpaired) electrons. The molecule has 1 heterocycles. The third-order valence-electron chi connectivity index (χ3n) is 4.49. The van der Waals surface area contributed by atoms with Crippen LogP contribution in [-0.2, 0) is 4.79 Å². The Morgan fingerprint density at radius 1 is 0.966 bits per heavy atom. The molecule has 0 saturated heterocycles. The quantitative estimate of drug-likeness (QED) is 0.443. The summed E-state index contributed by atoms with van der Waals surface area (Å²) in [6.45, 7) is -0.0726. The van der Waals surface area contributed by atoms with Gasteiger partial charge in [-0.2, -0.15) is 0 Å². The lowest BCUT2D eigenvalue weighted by Crippen LogP contribution is -2.20. The highest BCUT2D eigenvalue weighted by atomic mass is 35.5. The summed E-state index contributed by atoms with van der Waals surface area (Å²) in [6, 6.07) is 22.5. The maximum Gasteiger partial charge on any atom is 0.262 e. The molecule has 29 heavy (non-hydrogen) atoms. The lowest BCUT2D eigenvalue weighted by molar-refractivity contribution is -0.118. The maximum absolute atomic E-state index is 12.1. The molecule has 0 spiro atoms. The Labute approximate surface area is 173 Å². The minimum Gasteiger partial charge on any atom is -0.497 e. The van der Waals surface area contributed by atoms with Crippen LogP contribution in [0, 0.1) is 0 Å². The van der Waals surface area contributed by atoms with Gasteiger partial charge in [0.2, 0.25) is 0 Å². The van der Waals surface area contributed by atoms with E-state index in [0.29, 0.717) is 16.5 Å². The first-order valence-electron chi connectivity index (χ1n) is 9.06. The molecule has 3 aromatic carbocycles. The van der Waals surface area contributed by atoms with Gasteiger partial charge in [-0.15, -0.1) is 0 Å². The molecule has 4 rings (SSSR count). The van der Waals surface area contributed by atoms with Crippen LogP contribution in [0.5, 0.6) is 11.5 Å². The third-order valence-corrected chi connectivity index (χ3v) is 4.73. The Morgan fingerprint density at radius 3 is 2.41 bits per heavy atom. The van der Waals surface area contributed by atoms with Crippen molar-refractivity contribution in [2.75, 3.05) is 19.0 Å². The molecular formula is C23H19ClN2O3. The molecule has 5 nitrogen and oxygen atoms in total. The van der Waals surface area contributed by atoms with Crippen molar-refractivity contribution in [3.63, 3.8) is 0 Å². The number of fused-ring (bicyclic) bond motifs is 1. The number of H-pyrrole nitrogens is 1. The monoisotopic (exact) mass is 406 g/mol. The Hall–Kier alpha value is -3.44. The van der Waals surface area contributed by atoms with Crippen LogP contribution in [0.25, 0.3) is 22.2 Å². The molecule has 4 aromatic rings. The number of nitrogens with one attached hydrogen (secondary N) is 2. The molecule has 0 unspecified atom stereocenters. The molecule has 1 amide bonds. The number of benzene rings is 3. The lowest BCUT2D eigenvalue weighted by Gasteiger charge is -2.08. The Kier molecular flexibility index (Phi) is 5.40. The van der Waals surface area contributed by atoms with E-state index in [1.54, 1.807) is 31.4 Å². The summed E-state index contributed by atoms with van der Waals surface area (Å²) in [7, 11) is 1.60. The summed E-state index contributed by atoms with van der Waals surface area (Å²) in [5, 5.41) is 4.59. The first-order valence-corrected chi connectivity index (χ1v) is 9.44. The summed E-state index contributed by atoms with van der Waals surface area (Å²) < 4.78 is 10.6. The number of hydrogen-bond acceptors (Lipinski definition) is 3. The number of aromatic nitrogens is 1. The van der Waals surface area contributed by atoms with Crippen molar-refractivity contribution in [2.45, 2.75) is 0 Å². The maximum atomic E-state index is 12.1. The number of carbonyl (C=O) groups excluding carboxylic acids is 1. The zero-order valence-corrected chi connectivity index (χ0v) is 16.5. The topological polar surface area (TPSA) is 63.4 Å². The molecule has 0 bridgehead atoms. The van der Waals surface area contributed by atoms with Crippen molar-refractivity contribution in [2.24, 2.45) is 0 Å². The average molecular weight is 407 g/mol. The van der Waals surface area contributed by atoms with Crippen LogP contribution < -0.4 is 14.8 Å². The highest BCUT2D eigenvalue weighted by molar-refractivity contribution is 6.31. The van der Waals surface area contributed by atoms with Crippen molar-refractivity contribution in [1.29, 1.82) is 0 Å². The van der Waals surface area contributed by atoms with Crippen LogP contribution in [0.2, 0.25) is 5.02 Å². The number of hydrogen-bond donors (Lipinski definition) is 2. The highest BCUT2D eigenvalue weighted by Gasteiger charge is 2.07. The fourth-order valence-electron chi connectivity index (χ4n) is 3.01. The van der Waals surface area contributed by atoms with Gasteiger partial charge >= 0.3 is 0 Å². The number of halogens is 1. The first kappa shape index (κ1) is 18.9. The van der Waals surface area contributed by atoms with Crippen molar-refractivity contribution in [1.82, 2.24) is 4.98 Å². The summed E-state index contributed by atoms with van der Waals surface area (Å²) in [5.74, 6) is 1.11. The number of ether oxygens (including phenoxy) is 2. The van der Waals surface area contributed by atoms with Crippen molar-refractivity contribution in [3.8, 4) is 22.8 Å². The number of anilines is 1. The summed E-state index contributed by atoms with van der Waals surface area (Å²) >= 11 is 6.05. The van der Waals surface area contributed by atoms with Gasteiger partial charge in [-0.05, 0) is 66.2 Å². The van der Waals surface area contributed by atoms with Crippen molar-refractivity contribution >= 4 is 34.1 Å². The van der Waals surface area contributed by atoms with Gasteiger partial charge in [-0.25, -0.2) is 0 Å². The van der Waals surface area contributed by atoms with Gasteiger partial charge in [0.25, 0.3) is 5.91 Å². The molecule has 0 aliphatic rings. The largest absolute Gasteiger partial charge is 0.497 e. The number of amides is 1. The second-order valence-corrected chi connectivity index (χ2v) is 6.94. The number of rotatable bonds is 6. The average Bonchev–Trinajstić information content (AvgIpc) is 3.16. The minimum absolute atomic E-state index is 0.0726. The van der Waals surface area contributed by atoms with Crippen LogP contribution in [0.15, 0.2) is 72.8 Å². The lowest BCUT2D eigenvalue weighted by atomic mass is 10.1. The molecule has 0 saturated carbocycles. The second-order valence-electron chi connectivity index (χ2n) is 6.50. The molecular weight excluding hydrogens is 388 g/mol. The molecule has 2 N–H and O–H groups in total. The van der Waals surface area contributed by atoms with Gasteiger partial charge in [0.05, 0.1) is 7.11 Å². The van der Waals surface area contributed by atoms with E-state index >= 15 is 0 Å². The van der Waals surface area contributed by atoms with Gasteiger partial charge in [0, 0.05) is 27.3 Å². The molecule has 6 heteroatoms. The van der Waals surface area contributed by atoms with E-state index in [1.807, 2.05) is 42.5 Å². The Balaban J connectivity index is 1.37. The third kappa shape index (κ3) is 4.52. The summed E-state index contributed by atoms with van der Waals surface area (Å²) in [4.78, 5) is 15.5. The van der Waals surface area contributed by atoms with Crippen LogP contribution in [0.1, 0.15) is 0 Å². The molecule has 1 aromatic heterocycles. The van der Waals surface area contributed by atoms with Crippen LogP contribution in [-0.4, -0.2) is 24.6 Å². The standard InChI is InChI=1S/C23H19ClN2O3/c1-28-19-7-9-20(10-8-19)29-14-23(27)25-18-5-2-15(3-6-18)22-13-16-12-17(24)4-11-21(16)26-22/h2-13,26H,14H2,1H3,(H,25,27). The number of aromatic amines is 1. The molecule has 146 valence electrons. The van der Waals surface area contributed by atoms with Crippen molar-refractivity contribution < 1.29 is 14.3 Å². The van der Waals surface area contributed by atoms with E-state index in [0.717, 1.165) is 27.9 Å². The van der Waals surface area contributed by atoms with Gasteiger partial charge < -0.3 is 19.8 Å². The van der Waals surface area contributed by atoms with Gasteiger partial charge in [0.15, 0.2) is 6.61 Å². The summed E-state index contributed by atoms with van der Waals surface area (Å²) in [6.07, 6.45) is 0. The zero-order chi connectivity index (χ0) is 20.2. The SMILES string of the molecule is COc1ccc(OCC(=O)Nc2ccc(-c3cc4cc(Cl)ccc4[nH]3)cc2)cc1. The molecule has 0 aliphatic carbocycles. The van der Waals surface area contributed by atoms with Gasteiger partial charge in [0.1, 0.15) is 11.5 Å². The molecule has 0 fully saturated rings. The van der Waals surface area contributed by atoms with E-state index in [4.69, 9.17) is 21.1 Å². The first-order chi connectivity index (χ1) is 14.1. The highest BCUT2D eigenvalue weighted by Crippen LogP contribution is 2.27. The Bertz CT molecular complexity index is 1140. The normalized spacial score (nSPS) is 10.7. The van der Waals surface area contributed by atoms with Crippen LogP contribution in [0.3, 0.4) is 0 Å². The van der Waals surface area contributed by atoms with Gasteiger partial charge in [-0.1, -0.05) is 23.7 Å². The predicted octanol–water partition coefficient (Wildman–Crippen LogP) is 5.51. The van der Waals surface area contributed by atoms with Crippen LogP contribution >= 0.6 is 11.6 Å². The van der Waals surface area contributed by atoms with Crippen molar-refractivity contribution in [3.05, 3.63) is 77.8 Å². The van der Waals surface area contributed by atoms with Gasteiger partial charge in [-0.3, -0.25) is 4.79 Å². The fraction of sp³-hybridized carbons (Fsp3) is 0.0870. The predicted molar refractivity (Wildman–Crippen MR) is 116 cm³/mol. The van der Waals surface area contributed by atoms with E-state index in [9.17, 15) is 4.79 Å².